The van der Waals surface area contributed by atoms with Crippen LogP contribution in [0.2, 0.25) is 0 Å². The van der Waals surface area contributed by atoms with Gasteiger partial charge >= 0.3 is 0 Å². The highest BCUT2D eigenvalue weighted by Gasteiger charge is 2.22. The second kappa shape index (κ2) is 6.31. The largest absolute Gasteiger partial charge is 0.487 e. The Morgan fingerprint density at radius 1 is 1.05 bits per heavy atom. The number of benzene rings is 2. The Balaban J connectivity index is 2.35. The van der Waals surface area contributed by atoms with Gasteiger partial charge in [-0.25, -0.2) is 8.42 Å². The first-order valence-corrected chi connectivity index (χ1v) is 9.25. The van der Waals surface area contributed by atoms with Gasteiger partial charge in [0.1, 0.15) is 17.3 Å². The van der Waals surface area contributed by atoms with E-state index in [-0.39, 0.29) is 22.7 Å². The molecule has 0 heterocycles. The molecule has 0 N–H and O–H groups in total. The Labute approximate surface area is 136 Å². The minimum atomic E-state index is -3.87. The average molecular weight is 339 g/mol. The van der Waals surface area contributed by atoms with Gasteiger partial charge in [-0.2, -0.15) is 0 Å². The zero-order chi connectivity index (χ0) is 16.4. The number of halogens is 1. The lowest BCUT2D eigenvalue weighted by molar-refractivity contribution is 0.298. The maximum Gasteiger partial charge on any atom is 0.264 e. The average Bonchev–Trinajstić information content (AvgIpc) is 2.44. The van der Waals surface area contributed by atoms with Crippen LogP contribution in [0.3, 0.4) is 0 Å². The van der Waals surface area contributed by atoms with Gasteiger partial charge in [-0.3, -0.25) is 0 Å². The van der Waals surface area contributed by atoms with Gasteiger partial charge in [0, 0.05) is 10.7 Å². The lowest BCUT2D eigenvalue weighted by atomic mass is 9.87. The standard InChI is InChI=1S/C17H19ClO3S/c1-17(2,3)14-9-10-15(16(11-14)22(18,19)20)21-12-13-7-5-4-6-8-13/h4-11H,12H2,1-3H3. The van der Waals surface area contributed by atoms with Gasteiger partial charge in [0.15, 0.2) is 0 Å². The zero-order valence-corrected chi connectivity index (χ0v) is 14.4. The molecule has 0 spiro atoms. The van der Waals surface area contributed by atoms with Crippen molar-refractivity contribution >= 4 is 19.7 Å². The van der Waals surface area contributed by atoms with Crippen molar-refractivity contribution in [3.63, 3.8) is 0 Å². The SMILES string of the molecule is CC(C)(C)c1ccc(OCc2ccccc2)c(S(=O)(=O)Cl)c1. The van der Waals surface area contributed by atoms with E-state index in [1.807, 2.05) is 57.2 Å². The molecule has 2 aromatic carbocycles. The van der Waals surface area contributed by atoms with Crippen molar-refractivity contribution in [1.82, 2.24) is 0 Å². The summed E-state index contributed by atoms with van der Waals surface area (Å²) in [6.45, 7) is 6.32. The maximum absolute atomic E-state index is 11.8. The van der Waals surface area contributed by atoms with E-state index in [0.29, 0.717) is 0 Å². The first-order chi connectivity index (χ1) is 10.2. The fourth-order valence-corrected chi connectivity index (χ4v) is 3.02. The Morgan fingerprint density at radius 3 is 2.23 bits per heavy atom. The minimum Gasteiger partial charge on any atom is -0.487 e. The van der Waals surface area contributed by atoms with Crippen LogP contribution in [-0.2, 0) is 21.1 Å². The highest BCUT2D eigenvalue weighted by Crippen LogP contribution is 2.33. The topological polar surface area (TPSA) is 43.4 Å². The van der Waals surface area contributed by atoms with E-state index in [4.69, 9.17) is 15.4 Å². The summed E-state index contributed by atoms with van der Waals surface area (Å²) in [5, 5.41) is 0. The minimum absolute atomic E-state index is 0.0116. The van der Waals surface area contributed by atoms with Crippen LogP contribution in [0.4, 0.5) is 0 Å². The smallest absolute Gasteiger partial charge is 0.264 e. The van der Waals surface area contributed by atoms with E-state index in [9.17, 15) is 8.42 Å². The normalized spacial score (nSPS) is 12.2. The predicted molar refractivity (Wildman–Crippen MR) is 89.0 cm³/mol. The molecule has 0 aliphatic heterocycles. The lowest BCUT2D eigenvalue weighted by Crippen LogP contribution is -2.12. The number of rotatable bonds is 4. The molecule has 0 aromatic heterocycles. The van der Waals surface area contributed by atoms with Crippen LogP contribution in [0.25, 0.3) is 0 Å². The third-order valence-electron chi connectivity index (χ3n) is 3.31. The summed E-state index contributed by atoms with van der Waals surface area (Å²) < 4.78 is 29.3. The van der Waals surface area contributed by atoms with Gasteiger partial charge in [0.05, 0.1) is 0 Å². The van der Waals surface area contributed by atoms with E-state index in [1.54, 1.807) is 12.1 Å². The second-order valence-electron chi connectivity index (χ2n) is 6.12. The Kier molecular flexibility index (Phi) is 4.83. The maximum atomic E-state index is 11.8. The first kappa shape index (κ1) is 16.8. The van der Waals surface area contributed by atoms with Crippen molar-refractivity contribution in [1.29, 1.82) is 0 Å². The lowest BCUT2D eigenvalue weighted by Gasteiger charge is -2.20. The monoisotopic (exact) mass is 338 g/mol. The molecule has 0 fully saturated rings. The van der Waals surface area contributed by atoms with Crippen LogP contribution in [0, 0.1) is 0 Å². The molecule has 2 rings (SSSR count). The number of hydrogen-bond donors (Lipinski definition) is 0. The molecule has 0 aliphatic carbocycles. The molecule has 2 aromatic rings. The highest BCUT2D eigenvalue weighted by molar-refractivity contribution is 8.13. The van der Waals surface area contributed by atoms with Crippen molar-refractivity contribution in [3.05, 3.63) is 59.7 Å². The molecule has 0 atom stereocenters. The Bertz CT molecular complexity index is 747. The van der Waals surface area contributed by atoms with Crippen LogP contribution in [0.15, 0.2) is 53.4 Å². The van der Waals surface area contributed by atoms with Crippen molar-refractivity contribution in [2.24, 2.45) is 0 Å². The van der Waals surface area contributed by atoms with E-state index >= 15 is 0 Å². The summed E-state index contributed by atoms with van der Waals surface area (Å²) in [7, 11) is 1.69. The fourth-order valence-electron chi connectivity index (χ4n) is 2.02. The predicted octanol–water partition coefficient (Wildman–Crippen LogP) is 4.49. The molecule has 5 heteroatoms. The summed E-state index contributed by atoms with van der Waals surface area (Å²) in [5.74, 6) is 0.270. The molecule has 0 saturated heterocycles. The Hall–Kier alpha value is -1.52. The summed E-state index contributed by atoms with van der Waals surface area (Å²) in [4.78, 5) is 0.0116. The number of ether oxygens (including phenoxy) is 1. The third-order valence-corrected chi connectivity index (χ3v) is 4.65. The second-order valence-corrected chi connectivity index (χ2v) is 8.66. The van der Waals surface area contributed by atoms with Crippen molar-refractivity contribution in [3.8, 4) is 5.75 Å². The van der Waals surface area contributed by atoms with Gasteiger partial charge in [-0.15, -0.1) is 0 Å². The van der Waals surface area contributed by atoms with Gasteiger partial charge in [-0.05, 0) is 28.7 Å². The van der Waals surface area contributed by atoms with Gasteiger partial charge in [0.25, 0.3) is 9.05 Å². The first-order valence-electron chi connectivity index (χ1n) is 6.94. The zero-order valence-electron chi connectivity index (χ0n) is 12.8. The van der Waals surface area contributed by atoms with Crippen molar-refractivity contribution < 1.29 is 13.2 Å². The van der Waals surface area contributed by atoms with Crippen molar-refractivity contribution in [2.75, 3.05) is 0 Å². The van der Waals surface area contributed by atoms with Crippen LogP contribution in [0.1, 0.15) is 31.9 Å². The van der Waals surface area contributed by atoms with Crippen LogP contribution in [-0.4, -0.2) is 8.42 Å². The van der Waals surface area contributed by atoms with E-state index in [2.05, 4.69) is 0 Å². The highest BCUT2D eigenvalue weighted by atomic mass is 35.7. The van der Waals surface area contributed by atoms with Crippen LogP contribution in [0.5, 0.6) is 5.75 Å². The molecule has 22 heavy (non-hydrogen) atoms. The molecule has 0 amide bonds. The van der Waals surface area contributed by atoms with Crippen LogP contribution >= 0.6 is 10.7 Å². The quantitative estimate of drug-likeness (QED) is 0.771. The van der Waals surface area contributed by atoms with Crippen LogP contribution < -0.4 is 4.74 Å². The molecule has 0 saturated carbocycles. The van der Waals surface area contributed by atoms with E-state index in [0.717, 1.165) is 11.1 Å². The van der Waals surface area contributed by atoms with E-state index < -0.39 is 9.05 Å². The van der Waals surface area contributed by atoms with Gasteiger partial charge < -0.3 is 4.74 Å². The molecular weight excluding hydrogens is 320 g/mol. The van der Waals surface area contributed by atoms with Crippen molar-refractivity contribution in [2.45, 2.75) is 37.7 Å². The molecule has 0 bridgehead atoms. The molecule has 0 radical (unpaired) electrons. The number of hydrogen-bond acceptors (Lipinski definition) is 3. The molecule has 0 unspecified atom stereocenters. The summed E-state index contributed by atoms with van der Waals surface area (Å²) in [6.07, 6.45) is 0. The molecular formula is C17H19ClO3S. The van der Waals surface area contributed by atoms with E-state index in [1.165, 1.54) is 0 Å². The third kappa shape index (κ3) is 4.24. The Morgan fingerprint density at radius 2 is 1.68 bits per heavy atom. The molecule has 118 valence electrons. The van der Waals surface area contributed by atoms with Gasteiger partial charge in [-0.1, -0.05) is 57.2 Å². The molecule has 3 nitrogen and oxygen atoms in total. The summed E-state index contributed by atoms with van der Waals surface area (Å²) in [5.41, 5.74) is 1.67. The summed E-state index contributed by atoms with van der Waals surface area (Å²) in [6, 6.07) is 14.7. The fraction of sp³-hybridized carbons (Fsp3) is 0.294. The summed E-state index contributed by atoms with van der Waals surface area (Å²) >= 11 is 0. The molecule has 0 aliphatic rings. The van der Waals surface area contributed by atoms with Gasteiger partial charge in [0.2, 0.25) is 0 Å².